The van der Waals surface area contributed by atoms with E-state index in [1.54, 1.807) is 18.2 Å². The van der Waals surface area contributed by atoms with Gasteiger partial charge in [0.1, 0.15) is 5.82 Å². The summed E-state index contributed by atoms with van der Waals surface area (Å²) in [5.74, 6) is 3.40. The highest BCUT2D eigenvalue weighted by Gasteiger charge is 2.25. The average Bonchev–Trinajstić information content (AvgIpc) is 2.79. The van der Waals surface area contributed by atoms with Crippen molar-refractivity contribution in [2.24, 2.45) is 17.8 Å². The summed E-state index contributed by atoms with van der Waals surface area (Å²) in [6.45, 7) is 0. The Balaban J connectivity index is 1.22. The lowest BCUT2D eigenvalue weighted by molar-refractivity contribution is 0.222. The summed E-state index contributed by atoms with van der Waals surface area (Å²) in [5.41, 5.74) is 1.34. The highest BCUT2D eigenvalue weighted by Crippen LogP contribution is 2.40. The van der Waals surface area contributed by atoms with Gasteiger partial charge in [0.2, 0.25) is 0 Å². The Labute approximate surface area is 183 Å². The SMILES string of the molecule is FC=CCCCCCCC1CCC(CCC2CCC(c3ccc(F)cc3)CC2)CC1. The molecule has 2 heteroatoms. The van der Waals surface area contributed by atoms with Crippen molar-refractivity contribution in [1.29, 1.82) is 0 Å². The van der Waals surface area contributed by atoms with Crippen LogP contribution in [0.2, 0.25) is 0 Å². The number of halogens is 2. The summed E-state index contributed by atoms with van der Waals surface area (Å²) in [7, 11) is 0. The van der Waals surface area contributed by atoms with Crippen LogP contribution in [-0.4, -0.2) is 0 Å². The molecule has 1 aromatic carbocycles. The number of rotatable bonds is 11. The van der Waals surface area contributed by atoms with E-state index in [0.717, 1.165) is 30.6 Å². The minimum atomic E-state index is -0.120. The molecule has 0 unspecified atom stereocenters. The maximum absolute atomic E-state index is 13.1. The van der Waals surface area contributed by atoms with Crippen LogP contribution in [0.5, 0.6) is 0 Å². The monoisotopic (exact) mass is 416 g/mol. The van der Waals surface area contributed by atoms with Gasteiger partial charge in [0.25, 0.3) is 0 Å². The number of hydrogen-bond donors (Lipinski definition) is 0. The van der Waals surface area contributed by atoms with Crippen LogP contribution >= 0.6 is 0 Å². The van der Waals surface area contributed by atoms with Gasteiger partial charge in [0, 0.05) is 0 Å². The van der Waals surface area contributed by atoms with Gasteiger partial charge < -0.3 is 0 Å². The second-order valence-electron chi connectivity index (χ2n) is 10.1. The quantitative estimate of drug-likeness (QED) is 0.315. The molecule has 0 radical (unpaired) electrons. The molecular formula is C28H42F2. The Morgan fingerprint density at radius 3 is 1.80 bits per heavy atom. The lowest BCUT2D eigenvalue weighted by atomic mass is 9.74. The highest BCUT2D eigenvalue weighted by atomic mass is 19.1. The smallest absolute Gasteiger partial charge is 0.123 e. The third-order valence-electron chi connectivity index (χ3n) is 7.96. The van der Waals surface area contributed by atoms with Crippen molar-refractivity contribution in [1.82, 2.24) is 0 Å². The molecule has 0 aliphatic heterocycles. The van der Waals surface area contributed by atoms with Gasteiger partial charge in [-0.3, -0.25) is 0 Å². The van der Waals surface area contributed by atoms with Gasteiger partial charge in [-0.15, -0.1) is 0 Å². The zero-order chi connectivity index (χ0) is 21.0. The minimum Gasteiger partial charge on any atom is -0.216 e. The van der Waals surface area contributed by atoms with Crippen LogP contribution in [0.1, 0.15) is 114 Å². The van der Waals surface area contributed by atoms with Crippen LogP contribution in [0.3, 0.4) is 0 Å². The molecule has 2 aliphatic carbocycles. The first-order valence-corrected chi connectivity index (χ1v) is 12.7. The molecule has 3 rings (SSSR count). The second-order valence-corrected chi connectivity index (χ2v) is 10.1. The molecule has 0 amide bonds. The molecule has 0 atom stereocenters. The first-order chi connectivity index (χ1) is 14.7. The van der Waals surface area contributed by atoms with Crippen molar-refractivity contribution < 1.29 is 8.78 Å². The van der Waals surface area contributed by atoms with Crippen molar-refractivity contribution in [2.45, 2.75) is 109 Å². The van der Waals surface area contributed by atoms with Crippen LogP contribution in [0.25, 0.3) is 0 Å². The molecule has 0 heterocycles. The topological polar surface area (TPSA) is 0 Å². The van der Waals surface area contributed by atoms with Gasteiger partial charge in [0.05, 0.1) is 6.33 Å². The molecule has 2 fully saturated rings. The van der Waals surface area contributed by atoms with E-state index in [-0.39, 0.29) is 5.82 Å². The maximum atomic E-state index is 13.1. The molecule has 0 nitrogen and oxygen atoms in total. The summed E-state index contributed by atoms with van der Waals surface area (Å²) >= 11 is 0. The Hall–Kier alpha value is -1.18. The number of allylic oxidation sites excluding steroid dienone is 1. The van der Waals surface area contributed by atoms with Crippen LogP contribution in [-0.2, 0) is 0 Å². The fourth-order valence-electron chi connectivity index (χ4n) is 5.91. The van der Waals surface area contributed by atoms with E-state index in [9.17, 15) is 8.78 Å². The third kappa shape index (κ3) is 8.16. The van der Waals surface area contributed by atoms with E-state index in [1.807, 2.05) is 12.1 Å². The summed E-state index contributed by atoms with van der Waals surface area (Å²) in [6, 6.07) is 7.21. The molecule has 0 N–H and O–H groups in total. The summed E-state index contributed by atoms with van der Waals surface area (Å²) in [4.78, 5) is 0. The van der Waals surface area contributed by atoms with Crippen molar-refractivity contribution in [2.75, 3.05) is 0 Å². The standard InChI is InChI=1S/C28H42F2/c29-22-6-4-2-1-3-5-7-23-8-10-24(11-9-23)12-13-25-14-16-26(17-15-25)27-18-20-28(30)21-19-27/h6,18-26H,1-5,7-17H2. The summed E-state index contributed by atoms with van der Waals surface area (Å²) < 4.78 is 25.0. The van der Waals surface area contributed by atoms with Gasteiger partial charge >= 0.3 is 0 Å². The maximum Gasteiger partial charge on any atom is 0.123 e. The predicted octanol–water partition coefficient (Wildman–Crippen LogP) is 9.51. The fourth-order valence-corrected chi connectivity index (χ4v) is 5.91. The van der Waals surface area contributed by atoms with E-state index in [2.05, 4.69) is 0 Å². The minimum absolute atomic E-state index is 0.120. The van der Waals surface area contributed by atoms with Crippen LogP contribution < -0.4 is 0 Å². The molecule has 1 aromatic rings. The van der Waals surface area contributed by atoms with E-state index >= 15 is 0 Å². The van der Waals surface area contributed by atoms with Crippen molar-refractivity contribution >= 4 is 0 Å². The van der Waals surface area contributed by atoms with Gasteiger partial charge in [-0.25, -0.2) is 8.78 Å². The van der Waals surface area contributed by atoms with E-state index in [4.69, 9.17) is 0 Å². The fraction of sp³-hybridized carbons (Fsp3) is 0.714. The number of benzene rings is 1. The number of unbranched alkanes of at least 4 members (excludes halogenated alkanes) is 4. The molecule has 0 spiro atoms. The zero-order valence-electron chi connectivity index (χ0n) is 18.8. The van der Waals surface area contributed by atoms with Gasteiger partial charge in [-0.2, -0.15) is 0 Å². The first-order valence-electron chi connectivity index (χ1n) is 12.7. The Bertz CT molecular complexity index is 590. The summed E-state index contributed by atoms with van der Waals surface area (Å²) in [6.07, 6.45) is 23.7. The largest absolute Gasteiger partial charge is 0.216 e. The lowest BCUT2D eigenvalue weighted by Crippen LogP contribution is -2.17. The van der Waals surface area contributed by atoms with Crippen LogP contribution in [0, 0.1) is 23.6 Å². The highest BCUT2D eigenvalue weighted by molar-refractivity contribution is 5.20. The van der Waals surface area contributed by atoms with Crippen molar-refractivity contribution in [3.8, 4) is 0 Å². The Kier molecular flexibility index (Phi) is 10.4. The van der Waals surface area contributed by atoms with Gasteiger partial charge in [-0.05, 0) is 79.9 Å². The van der Waals surface area contributed by atoms with Crippen LogP contribution in [0.4, 0.5) is 8.78 Å². The average molecular weight is 417 g/mol. The van der Waals surface area contributed by atoms with Gasteiger partial charge in [0.15, 0.2) is 0 Å². The van der Waals surface area contributed by atoms with E-state index < -0.39 is 0 Å². The zero-order valence-corrected chi connectivity index (χ0v) is 18.8. The Morgan fingerprint density at radius 2 is 1.20 bits per heavy atom. The molecule has 2 aliphatic rings. The van der Waals surface area contributed by atoms with Crippen molar-refractivity contribution in [3.05, 3.63) is 48.1 Å². The Morgan fingerprint density at radius 1 is 0.667 bits per heavy atom. The normalized spacial score (nSPS) is 27.5. The van der Waals surface area contributed by atoms with Crippen LogP contribution in [0.15, 0.2) is 36.7 Å². The lowest BCUT2D eigenvalue weighted by Gasteiger charge is -2.32. The third-order valence-corrected chi connectivity index (χ3v) is 7.96. The van der Waals surface area contributed by atoms with Gasteiger partial charge in [-0.1, -0.05) is 82.4 Å². The molecule has 2 saturated carbocycles. The second kappa shape index (κ2) is 13.3. The van der Waals surface area contributed by atoms with Crippen molar-refractivity contribution in [3.63, 3.8) is 0 Å². The predicted molar refractivity (Wildman–Crippen MR) is 124 cm³/mol. The summed E-state index contributed by atoms with van der Waals surface area (Å²) in [5, 5.41) is 0. The molecular weight excluding hydrogens is 374 g/mol. The number of hydrogen-bond acceptors (Lipinski definition) is 0. The molecule has 0 aromatic heterocycles. The molecule has 0 bridgehead atoms. The molecule has 168 valence electrons. The first kappa shape index (κ1) is 23.5. The van der Waals surface area contributed by atoms with E-state index in [0.29, 0.717) is 12.2 Å². The molecule has 30 heavy (non-hydrogen) atoms. The van der Waals surface area contributed by atoms with E-state index in [1.165, 1.54) is 95.5 Å². The molecule has 0 saturated heterocycles.